The van der Waals surface area contributed by atoms with Crippen LogP contribution >= 0.6 is 46.4 Å². The lowest BCUT2D eigenvalue weighted by Gasteiger charge is -2.29. The van der Waals surface area contributed by atoms with Gasteiger partial charge in [-0.3, -0.25) is 9.59 Å². The van der Waals surface area contributed by atoms with Crippen LogP contribution in [0.4, 0.5) is 4.79 Å². The normalized spacial score (nSPS) is 16.5. The Balaban J connectivity index is 0.000000257. The van der Waals surface area contributed by atoms with Crippen molar-refractivity contribution >= 4 is 64.4 Å². The van der Waals surface area contributed by atoms with Gasteiger partial charge in [-0.1, -0.05) is 94.9 Å². The van der Waals surface area contributed by atoms with Crippen molar-refractivity contribution in [1.29, 1.82) is 0 Å². The molecule has 4 aromatic rings. The molecule has 1 aliphatic rings. The first kappa shape index (κ1) is 43.9. The minimum Gasteiger partial charge on any atom is -0.468 e. The van der Waals surface area contributed by atoms with Crippen LogP contribution in [0.1, 0.15) is 55.9 Å². The van der Waals surface area contributed by atoms with E-state index in [0.29, 0.717) is 29.4 Å². The monoisotopic (exact) mass is 827 g/mol. The Labute approximate surface area is 344 Å². The quantitative estimate of drug-likeness (QED) is 0.116. The van der Waals surface area contributed by atoms with E-state index >= 15 is 0 Å². The lowest BCUT2D eigenvalue weighted by Crippen LogP contribution is -2.50. The topological polar surface area (TPSA) is 106 Å². The van der Waals surface area contributed by atoms with Crippen LogP contribution in [-0.2, 0) is 44.7 Å². The first-order chi connectivity index (χ1) is 26.1. The van der Waals surface area contributed by atoms with Crippen LogP contribution in [0.5, 0.6) is 0 Å². The van der Waals surface area contributed by atoms with Crippen molar-refractivity contribution in [3.63, 3.8) is 0 Å². The van der Waals surface area contributed by atoms with Gasteiger partial charge in [0.2, 0.25) is 5.91 Å². The summed E-state index contributed by atoms with van der Waals surface area (Å²) >= 11 is 23.7. The molecule has 5 rings (SSSR count). The van der Waals surface area contributed by atoms with Gasteiger partial charge in [-0.2, -0.15) is 0 Å². The van der Waals surface area contributed by atoms with E-state index in [1.165, 1.54) is 12.7 Å². The average Bonchev–Trinajstić information content (AvgIpc) is 3.14. The van der Waals surface area contributed by atoms with Crippen LogP contribution in [0.15, 0.2) is 97.1 Å². The molecule has 8 nitrogen and oxygen atoms in total. The SMILES string of the molecule is COC(=O)[C@H](Cc1ccc(Cl)cc1)NC[C@H](Cc1ccc(Cl)cc1)NC(=O)OC(C)(C)C.O=C1NC(Cc2ccc(Cl)cc2)CC[C@H]1Cc1ccc(Cl)cc1. The van der Waals surface area contributed by atoms with Gasteiger partial charge in [0.1, 0.15) is 11.6 Å². The van der Waals surface area contributed by atoms with Crippen molar-refractivity contribution < 1.29 is 23.9 Å². The highest BCUT2D eigenvalue weighted by atomic mass is 35.5. The second-order valence-corrected chi connectivity index (χ2v) is 16.4. The van der Waals surface area contributed by atoms with E-state index in [4.69, 9.17) is 55.9 Å². The molecule has 2 amide bonds. The number of hydrogen-bond acceptors (Lipinski definition) is 6. The number of hydrogen-bond donors (Lipinski definition) is 3. The molecule has 55 heavy (non-hydrogen) atoms. The van der Waals surface area contributed by atoms with Gasteiger partial charge in [0.15, 0.2) is 0 Å². The summed E-state index contributed by atoms with van der Waals surface area (Å²) in [5.74, 6) is -0.176. The van der Waals surface area contributed by atoms with Gasteiger partial charge in [0, 0.05) is 44.6 Å². The lowest BCUT2D eigenvalue weighted by atomic mass is 9.87. The number of alkyl carbamates (subject to hydrolysis) is 1. The maximum absolute atomic E-state index is 12.4. The van der Waals surface area contributed by atoms with Crippen LogP contribution in [-0.4, -0.2) is 55.4 Å². The number of ether oxygens (including phenoxy) is 2. The molecule has 294 valence electrons. The Morgan fingerprint density at radius 1 is 0.709 bits per heavy atom. The molecule has 0 spiro atoms. The number of carbonyl (C=O) groups excluding carboxylic acids is 3. The van der Waals surface area contributed by atoms with Gasteiger partial charge in [0.05, 0.1) is 7.11 Å². The predicted molar refractivity (Wildman–Crippen MR) is 222 cm³/mol. The van der Waals surface area contributed by atoms with Crippen molar-refractivity contribution in [1.82, 2.24) is 16.0 Å². The first-order valence-corrected chi connectivity index (χ1v) is 19.8. The van der Waals surface area contributed by atoms with E-state index in [-0.39, 0.29) is 29.9 Å². The van der Waals surface area contributed by atoms with Gasteiger partial charge in [-0.15, -0.1) is 0 Å². The summed E-state index contributed by atoms with van der Waals surface area (Å²) in [4.78, 5) is 37.1. The van der Waals surface area contributed by atoms with E-state index in [9.17, 15) is 14.4 Å². The predicted octanol–water partition coefficient (Wildman–Crippen LogP) is 9.48. The number of halogens is 4. The summed E-state index contributed by atoms with van der Waals surface area (Å²) in [6.45, 7) is 5.74. The maximum atomic E-state index is 12.4. The summed E-state index contributed by atoms with van der Waals surface area (Å²) in [5.41, 5.74) is 3.67. The molecule has 1 saturated heterocycles. The van der Waals surface area contributed by atoms with Crippen molar-refractivity contribution in [3.8, 4) is 0 Å². The molecule has 1 fully saturated rings. The van der Waals surface area contributed by atoms with Gasteiger partial charge in [0.25, 0.3) is 0 Å². The molecule has 4 aromatic carbocycles. The van der Waals surface area contributed by atoms with Crippen LogP contribution in [0.2, 0.25) is 20.1 Å². The summed E-state index contributed by atoms with van der Waals surface area (Å²) in [6, 6.07) is 29.5. The van der Waals surface area contributed by atoms with E-state index in [1.807, 2.05) is 72.8 Å². The largest absolute Gasteiger partial charge is 0.468 e. The number of piperidine rings is 1. The molecule has 0 bridgehead atoms. The molecule has 0 saturated carbocycles. The number of methoxy groups -OCH3 is 1. The summed E-state index contributed by atoms with van der Waals surface area (Å²) in [6.07, 6.45) is 3.99. The molecular formula is C43H49Cl4N3O5. The number of carbonyl (C=O) groups is 3. The molecule has 0 radical (unpaired) electrons. The molecule has 0 aromatic heterocycles. The van der Waals surface area contributed by atoms with E-state index in [1.54, 1.807) is 45.0 Å². The smallest absolute Gasteiger partial charge is 0.407 e. The highest BCUT2D eigenvalue weighted by Crippen LogP contribution is 2.23. The lowest BCUT2D eigenvalue weighted by molar-refractivity contribution is -0.143. The summed E-state index contributed by atoms with van der Waals surface area (Å²) in [7, 11) is 1.35. The zero-order valence-corrected chi connectivity index (χ0v) is 34.6. The third-order valence-electron chi connectivity index (χ3n) is 8.94. The molecule has 1 heterocycles. The number of nitrogens with one attached hydrogen (secondary N) is 3. The molecule has 1 aliphatic heterocycles. The van der Waals surface area contributed by atoms with Gasteiger partial charge in [-0.05, 0) is 130 Å². The van der Waals surface area contributed by atoms with Crippen LogP contribution < -0.4 is 16.0 Å². The van der Waals surface area contributed by atoms with Crippen molar-refractivity contribution in [2.24, 2.45) is 5.92 Å². The van der Waals surface area contributed by atoms with Gasteiger partial charge < -0.3 is 25.4 Å². The molecular weight excluding hydrogens is 780 g/mol. The Bertz CT molecular complexity index is 1820. The molecule has 4 atom stereocenters. The van der Waals surface area contributed by atoms with Crippen LogP contribution in [0.3, 0.4) is 0 Å². The fraction of sp³-hybridized carbons (Fsp3) is 0.372. The average molecular weight is 830 g/mol. The first-order valence-electron chi connectivity index (χ1n) is 18.2. The number of amides is 2. The van der Waals surface area contributed by atoms with Crippen molar-refractivity contribution in [3.05, 3.63) is 139 Å². The molecule has 3 N–H and O–H groups in total. The summed E-state index contributed by atoms with van der Waals surface area (Å²) in [5, 5.41) is 12.0. The highest BCUT2D eigenvalue weighted by Gasteiger charge is 2.28. The standard InChI is InChI=1S/C24H30Cl2N2O4.C19H19Cl2NO/c1-24(2,3)32-23(30)28-20(13-16-5-9-18(25)10-6-16)15-27-21(22(29)31-4)14-17-7-11-19(26)12-8-17;20-16-6-1-13(2-7-16)11-15-5-10-18(22-19(15)23)12-14-3-8-17(21)9-4-14/h5-12,20-21,27H,13-15H2,1-4H3,(H,28,30);1-4,6-9,15,18H,5,10-12H2,(H,22,23)/t20-,21-;15-,18?/m00/s1. The van der Waals surface area contributed by atoms with Gasteiger partial charge >= 0.3 is 12.1 Å². The zero-order chi connectivity index (χ0) is 40.0. The molecule has 1 unspecified atom stereocenters. The molecule has 0 aliphatic carbocycles. The number of benzene rings is 4. The minimum atomic E-state index is -0.620. The van der Waals surface area contributed by atoms with Gasteiger partial charge in [-0.25, -0.2) is 4.79 Å². The number of esters is 1. The highest BCUT2D eigenvalue weighted by molar-refractivity contribution is 6.31. The summed E-state index contributed by atoms with van der Waals surface area (Å²) < 4.78 is 10.4. The fourth-order valence-electron chi connectivity index (χ4n) is 6.16. The maximum Gasteiger partial charge on any atom is 0.407 e. The second-order valence-electron chi connectivity index (χ2n) is 14.6. The molecule has 12 heteroatoms. The Hall–Kier alpha value is -3.79. The zero-order valence-electron chi connectivity index (χ0n) is 31.5. The van der Waals surface area contributed by atoms with Crippen molar-refractivity contribution in [2.75, 3.05) is 13.7 Å². The Morgan fingerprint density at radius 3 is 1.62 bits per heavy atom. The van der Waals surface area contributed by atoms with Crippen LogP contribution in [0.25, 0.3) is 0 Å². The Kier molecular flexibility index (Phi) is 17.2. The Morgan fingerprint density at radius 2 is 1.16 bits per heavy atom. The third kappa shape index (κ3) is 16.1. The van der Waals surface area contributed by atoms with E-state index < -0.39 is 17.7 Å². The van der Waals surface area contributed by atoms with Crippen molar-refractivity contribution in [2.45, 2.75) is 83.0 Å². The fourth-order valence-corrected chi connectivity index (χ4v) is 6.66. The van der Waals surface area contributed by atoms with E-state index in [2.05, 4.69) is 16.0 Å². The minimum absolute atomic E-state index is 0.0534. The van der Waals surface area contributed by atoms with E-state index in [0.717, 1.165) is 52.4 Å². The third-order valence-corrected chi connectivity index (χ3v) is 9.95. The second kappa shape index (κ2) is 21.5. The van der Waals surface area contributed by atoms with Crippen LogP contribution in [0, 0.1) is 5.92 Å². The number of rotatable bonds is 13.